The molecule has 35 heavy (non-hydrogen) atoms. The van der Waals surface area contributed by atoms with Gasteiger partial charge in [0.15, 0.2) is 28.8 Å². The third-order valence-electron chi connectivity index (χ3n) is 5.37. The number of aryl methyl sites for hydroxylation is 1. The van der Waals surface area contributed by atoms with Crippen LogP contribution in [0.2, 0.25) is 0 Å². The van der Waals surface area contributed by atoms with Crippen molar-refractivity contribution in [1.82, 2.24) is 9.97 Å². The van der Waals surface area contributed by atoms with Crippen molar-refractivity contribution < 1.29 is 33.6 Å². The van der Waals surface area contributed by atoms with Gasteiger partial charge in [-0.15, -0.1) is 0 Å². The van der Waals surface area contributed by atoms with Gasteiger partial charge >= 0.3 is 0 Å². The fraction of sp³-hybridized carbons (Fsp3) is 0.200. The second-order valence-corrected chi connectivity index (χ2v) is 7.51. The van der Waals surface area contributed by atoms with E-state index in [-0.39, 0.29) is 23.0 Å². The van der Waals surface area contributed by atoms with Crippen molar-refractivity contribution in [3.05, 3.63) is 52.4 Å². The molecular formula is C25H24N2O8. The third kappa shape index (κ3) is 4.21. The smallest absolute Gasteiger partial charge is 0.227 e. The number of nitrogens with zero attached hydrogens (tertiary/aromatic N) is 1. The van der Waals surface area contributed by atoms with E-state index in [9.17, 15) is 15.0 Å². The van der Waals surface area contributed by atoms with Crippen LogP contribution in [0.25, 0.3) is 34.1 Å². The highest BCUT2D eigenvalue weighted by molar-refractivity contribution is 5.82. The van der Waals surface area contributed by atoms with E-state index in [2.05, 4.69) is 4.98 Å². The summed E-state index contributed by atoms with van der Waals surface area (Å²) in [5.74, 6) is 1.44. The first kappa shape index (κ1) is 23.6. The summed E-state index contributed by atoms with van der Waals surface area (Å²) in [6.07, 6.45) is 0. The molecule has 182 valence electrons. The number of H-pyrrole nitrogens is 1. The van der Waals surface area contributed by atoms with Crippen LogP contribution in [0.1, 0.15) is 5.76 Å². The van der Waals surface area contributed by atoms with Crippen molar-refractivity contribution in [2.24, 2.45) is 0 Å². The van der Waals surface area contributed by atoms with Gasteiger partial charge in [-0.1, -0.05) is 0 Å². The molecule has 10 heteroatoms. The van der Waals surface area contributed by atoms with Gasteiger partial charge in [0.2, 0.25) is 16.9 Å². The van der Waals surface area contributed by atoms with Gasteiger partial charge in [0.05, 0.1) is 28.4 Å². The van der Waals surface area contributed by atoms with Gasteiger partial charge in [0.1, 0.15) is 23.0 Å². The Labute approximate surface area is 200 Å². The summed E-state index contributed by atoms with van der Waals surface area (Å²) < 4.78 is 27.3. The fourth-order valence-electron chi connectivity index (χ4n) is 3.70. The summed E-state index contributed by atoms with van der Waals surface area (Å²) in [6.45, 7) is 1.60. The molecule has 0 fully saturated rings. The Kier molecular flexibility index (Phi) is 6.28. The molecule has 2 aromatic heterocycles. The highest BCUT2D eigenvalue weighted by Crippen LogP contribution is 2.43. The Morgan fingerprint density at radius 2 is 1.49 bits per heavy atom. The van der Waals surface area contributed by atoms with Gasteiger partial charge in [-0.3, -0.25) is 4.79 Å². The van der Waals surface area contributed by atoms with Crippen molar-refractivity contribution in [3.8, 4) is 68.6 Å². The number of aromatic nitrogens is 2. The molecule has 2 heterocycles. The highest BCUT2D eigenvalue weighted by Gasteiger charge is 2.24. The number of methoxy groups -OCH3 is 4. The van der Waals surface area contributed by atoms with Crippen molar-refractivity contribution in [1.29, 1.82) is 0 Å². The number of imidazole rings is 1. The van der Waals surface area contributed by atoms with E-state index in [1.54, 1.807) is 31.2 Å². The number of aromatic amines is 1. The molecule has 10 nitrogen and oxygen atoms in total. The normalized spacial score (nSPS) is 10.8. The lowest BCUT2D eigenvalue weighted by molar-refractivity contribution is 0.324. The predicted octanol–water partition coefficient (Wildman–Crippen LogP) is 4.12. The Bertz CT molecular complexity index is 1430. The molecule has 0 bridgehead atoms. The van der Waals surface area contributed by atoms with E-state index < -0.39 is 11.2 Å². The summed E-state index contributed by atoms with van der Waals surface area (Å²) in [5, 5.41) is 20.6. The first-order valence-electron chi connectivity index (χ1n) is 10.4. The van der Waals surface area contributed by atoms with Crippen LogP contribution in [-0.2, 0) is 0 Å². The second kappa shape index (κ2) is 9.34. The summed E-state index contributed by atoms with van der Waals surface area (Å²) in [4.78, 5) is 20.2. The van der Waals surface area contributed by atoms with Crippen LogP contribution in [-0.4, -0.2) is 48.6 Å². The van der Waals surface area contributed by atoms with Crippen LogP contribution < -0.4 is 24.4 Å². The topological polar surface area (TPSA) is 136 Å². The van der Waals surface area contributed by atoms with Crippen LogP contribution in [0.5, 0.6) is 34.5 Å². The minimum atomic E-state index is -0.595. The summed E-state index contributed by atoms with van der Waals surface area (Å²) in [5.41, 5.74) is 1.11. The number of phenols is 1. The fourth-order valence-corrected chi connectivity index (χ4v) is 3.70. The molecule has 4 aromatic rings. The van der Waals surface area contributed by atoms with Crippen LogP contribution in [0.4, 0.5) is 0 Å². The van der Waals surface area contributed by atoms with Gasteiger partial charge in [0.25, 0.3) is 0 Å². The Hall–Kier alpha value is -4.60. The van der Waals surface area contributed by atoms with Crippen molar-refractivity contribution in [2.75, 3.05) is 28.4 Å². The first-order chi connectivity index (χ1) is 16.8. The zero-order valence-corrected chi connectivity index (χ0v) is 19.8. The lowest BCUT2D eigenvalue weighted by atomic mass is 10.1. The maximum atomic E-state index is 12.3. The van der Waals surface area contributed by atoms with E-state index >= 15 is 0 Å². The molecule has 4 rings (SSSR count). The summed E-state index contributed by atoms with van der Waals surface area (Å²) in [6, 6.07) is 9.27. The zero-order valence-electron chi connectivity index (χ0n) is 19.8. The number of benzene rings is 2. The quantitative estimate of drug-likeness (QED) is 0.357. The molecule has 0 saturated heterocycles. The number of hydrogen-bond acceptors (Lipinski definition) is 9. The summed E-state index contributed by atoms with van der Waals surface area (Å²) in [7, 11) is 5.94. The lowest BCUT2D eigenvalue weighted by Crippen LogP contribution is -2.01. The van der Waals surface area contributed by atoms with E-state index in [1.807, 2.05) is 0 Å². The van der Waals surface area contributed by atoms with Crippen LogP contribution in [0.3, 0.4) is 0 Å². The molecule has 0 atom stereocenters. The van der Waals surface area contributed by atoms with E-state index in [0.29, 0.717) is 45.7 Å². The van der Waals surface area contributed by atoms with Crippen molar-refractivity contribution >= 4 is 0 Å². The number of rotatable bonds is 7. The molecule has 0 aliphatic heterocycles. The molecule has 0 aliphatic carbocycles. The van der Waals surface area contributed by atoms with Crippen molar-refractivity contribution in [2.45, 2.75) is 6.92 Å². The van der Waals surface area contributed by atoms with Gasteiger partial charge in [-0.05, 0) is 37.3 Å². The van der Waals surface area contributed by atoms with E-state index in [4.69, 9.17) is 28.3 Å². The minimum absolute atomic E-state index is 0.0527. The molecule has 0 saturated carbocycles. The molecule has 0 unspecified atom stereocenters. The number of phenolic OH excluding ortho intramolecular Hbond substituents is 1. The molecule has 0 radical (unpaired) electrons. The number of hydrogen-bond donors (Lipinski definition) is 3. The van der Waals surface area contributed by atoms with Gasteiger partial charge in [-0.25, -0.2) is 4.98 Å². The van der Waals surface area contributed by atoms with Crippen molar-refractivity contribution in [3.63, 3.8) is 0 Å². The molecular weight excluding hydrogens is 456 g/mol. The van der Waals surface area contributed by atoms with Crippen LogP contribution in [0.15, 0.2) is 45.6 Å². The Balaban J connectivity index is 2.01. The maximum absolute atomic E-state index is 12.3. The third-order valence-corrected chi connectivity index (χ3v) is 5.37. The summed E-state index contributed by atoms with van der Waals surface area (Å²) >= 11 is 0. The predicted molar refractivity (Wildman–Crippen MR) is 128 cm³/mol. The molecule has 0 aliphatic rings. The monoisotopic (exact) mass is 480 g/mol. The molecule has 3 N–H and O–H groups in total. The number of nitrogens with one attached hydrogen (secondary N) is 1. The molecule has 0 spiro atoms. The van der Waals surface area contributed by atoms with Crippen LogP contribution in [0, 0.1) is 6.92 Å². The van der Waals surface area contributed by atoms with Crippen LogP contribution >= 0.6 is 0 Å². The standard InChI is InChI=1S/C25H24N2O8/c1-12-8-16(29)22(30)24(35-12)21-20(13-6-7-15(28)17(9-13)31-2)26-25(27-21)14-10-18(32-3)23(34-5)19(11-14)33-4/h6-11,28,30H,1-5H3,(H,26,27). The minimum Gasteiger partial charge on any atom is -0.504 e. The lowest BCUT2D eigenvalue weighted by Gasteiger charge is -2.13. The number of ether oxygens (including phenoxy) is 4. The largest absolute Gasteiger partial charge is 0.504 e. The molecule has 2 aromatic carbocycles. The second-order valence-electron chi connectivity index (χ2n) is 7.51. The zero-order chi connectivity index (χ0) is 25.3. The maximum Gasteiger partial charge on any atom is 0.227 e. The highest BCUT2D eigenvalue weighted by atomic mass is 16.5. The molecule has 0 amide bonds. The average molecular weight is 480 g/mol. The first-order valence-corrected chi connectivity index (χ1v) is 10.4. The van der Waals surface area contributed by atoms with E-state index in [0.717, 1.165) is 0 Å². The Morgan fingerprint density at radius 3 is 2.09 bits per heavy atom. The van der Waals surface area contributed by atoms with Gasteiger partial charge in [0, 0.05) is 17.2 Å². The SMILES string of the molecule is COc1cc(-c2nc(-c3cc(OC)c(OC)c(OC)c3)[nH]c2-c2oc(C)cc(=O)c2O)ccc1O. The van der Waals surface area contributed by atoms with Gasteiger partial charge < -0.3 is 38.6 Å². The number of aromatic hydroxyl groups is 2. The van der Waals surface area contributed by atoms with E-state index in [1.165, 1.54) is 40.6 Å². The van der Waals surface area contributed by atoms with Gasteiger partial charge in [-0.2, -0.15) is 0 Å². The average Bonchev–Trinajstić information content (AvgIpc) is 3.30. The Morgan fingerprint density at radius 1 is 0.857 bits per heavy atom.